The molecule has 1 atom stereocenters. The highest BCUT2D eigenvalue weighted by Gasteiger charge is 2.17. The van der Waals surface area contributed by atoms with Gasteiger partial charge in [-0.15, -0.1) is 0 Å². The monoisotopic (exact) mass is 438 g/mol. The lowest BCUT2D eigenvalue weighted by molar-refractivity contribution is 0.0529. The minimum atomic E-state index is -0.219. The maximum atomic E-state index is 13.6. The molecular weight excluding hydrogens is 407 g/mol. The van der Waals surface area contributed by atoms with Crippen LogP contribution in [0.5, 0.6) is 0 Å². The number of anilines is 1. The van der Waals surface area contributed by atoms with Crippen LogP contribution in [0.3, 0.4) is 0 Å². The van der Waals surface area contributed by atoms with Gasteiger partial charge in [-0.05, 0) is 55.7 Å². The summed E-state index contributed by atoms with van der Waals surface area (Å²) in [6.07, 6.45) is 4.83. The van der Waals surface area contributed by atoms with Crippen molar-refractivity contribution in [2.75, 3.05) is 37.7 Å². The number of morpholine rings is 1. The minimum Gasteiger partial charge on any atom is -0.375 e. The van der Waals surface area contributed by atoms with Gasteiger partial charge in [0.05, 0.1) is 19.3 Å². The Kier molecular flexibility index (Phi) is 7.21. The van der Waals surface area contributed by atoms with Crippen LogP contribution in [0.25, 0.3) is 10.9 Å². The van der Waals surface area contributed by atoms with E-state index < -0.39 is 0 Å². The number of benzene rings is 1. The fourth-order valence-corrected chi connectivity index (χ4v) is 3.91. The highest BCUT2D eigenvalue weighted by Crippen LogP contribution is 2.19. The number of rotatable bonds is 7. The molecule has 2 aromatic heterocycles. The van der Waals surface area contributed by atoms with Crippen molar-refractivity contribution < 1.29 is 9.13 Å². The number of nitrogens with zero attached hydrogens (tertiary/aromatic N) is 3. The van der Waals surface area contributed by atoms with E-state index in [1.54, 1.807) is 12.1 Å². The van der Waals surface area contributed by atoms with E-state index in [1.807, 2.05) is 19.3 Å². The van der Waals surface area contributed by atoms with Crippen molar-refractivity contribution in [2.24, 2.45) is 4.99 Å². The van der Waals surface area contributed by atoms with Gasteiger partial charge in [0, 0.05) is 49.5 Å². The predicted octanol–water partition coefficient (Wildman–Crippen LogP) is 3.22. The Morgan fingerprint density at radius 3 is 3.00 bits per heavy atom. The first-order chi connectivity index (χ1) is 15.6. The molecule has 1 saturated heterocycles. The van der Waals surface area contributed by atoms with Gasteiger partial charge in [0.15, 0.2) is 5.96 Å². The lowest BCUT2D eigenvalue weighted by Crippen LogP contribution is -2.41. The fourth-order valence-electron chi connectivity index (χ4n) is 3.91. The number of nitrogens with one attached hydrogen (secondary N) is 3. The van der Waals surface area contributed by atoms with Crippen LogP contribution in [0.4, 0.5) is 10.2 Å². The van der Waals surface area contributed by atoms with Gasteiger partial charge in [0.2, 0.25) is 0 Å². The molecule has 1 aliphatic heterocycles. The summed E-state index contributed by atoms with van der Waals surface area (Å²) in [6.45, 7) is 8.61. The van der Waals surface area contributed by atoms with E-state index in [4.69, 9.17) is 4.74 Å². The van der Waals surface area contributed by atoms with E-state index >= 15 is 0 Å². The van der Waals surface area contributed by atoms with Crippen LogP contribution in [-0.4, -0.2) is 54.8 Å². The molecule has 0 amide bonds. The maximum absolute atomic E-state index is 13.6. The zero-order chi connectivity index (χ0) is 22.3. The van der Waals surface area contributed by atoms with Crippen LogP contribution in [0.15, 0.2) is 47.7 Å². The van der Waals surface area contributed by atoms with Crippen molar-refractivity contribution in [3.63, 3.8) is 0 Å². The number of hydrogen-bond acceptors (Lipinski definition) is 4. The molecule has 3 aromatic rings. The minimum absolute atomic E-state index is 0.219. The van der Waals surface area contributed by atoms with Crippen molar-refractivity contribution in [3.05, 3.63) is 59.7 Å². The van der Waals surface area contributed by atoms with E-state index in [1.165, 1.54) is 6.07 Å². The molecule has 4 rings (SSSR count). The zero-order valence-electron chi connectivity index (χ0n) is 18.7. The number of hydrogen-bond donors (Lipinski definition) is 3. The highest BCUT2D eigenvalue weighted by atomic mass is 19.1. The number of H-pyrrole nitrogens is 1. The zero-order valence-corrected chi connectivity index (χ0v) is 18.7. The van der Waals surface area contributed by atoms with Gasteiger partial charge in [0.1, 0.15) is 11.6 Å². The molecule has 7 nitrogen and oxygen atoms in total. The average molecular weight is 439 g/mol. The molecule has 8 heteroatoms. The second kappa shape index (κ2) is 10.5. The van der Waals surface area contributed by atoms with Gasteiger partial charge in [-0.3, -0.25) is 0 Å². The highest BCUT2D eigenvalue weighted by molar-refractivity contribution is 5.83. The SMILES string of the molecule is CCNC(=NCc1ccc(N2CCOC(C)C2)nc1)NCCc1c[nH]c2ccc(F)cc12. The molecule has 3 heterocycles. The predicted molar refractivity (Wildman–Crippen MR) is 127 cm³/mol. The molecular formula is C24H31FN6O. The van der Waals surface area contributed by atoms with E-state index in [-0.39, 0.29) is 11.9 Å². The molecule has 0 spiro atoms. The molecule has 0 saturated carbocycles. The van der Waals surface area contributed by atoms with Crippen molar-refractivity contribution in [2.45, 2.75) is 32.9 Å². The van der Waals surface area contributed by atoms with Crippen molar-refractivity contribution >= 4 is 22.7 Å². The van der Waals surface area contributed by atoms with Gasteiger partial charge in [-0.1, -0.05) is 6.07 Å². The van der Waals surface area contributed by atoms with Crippen molar-refractivity contribution in [1.82, 2.24) is 20.6 Å². The van der Waals surface area contributed by atoms with Crippen LogP contribution in [0.1, 0.15) is 25.0 Å². The molecule has 0 radical (unpaired) electrons. The van der Waals surface area contributed by atoms with Gasteiger partial charge < -0.3 is 25.3 Å². The number of guanidine groups is 1. The molecule has 0 aliphatic carbocycles. The summed E-state index contributed by atoms with van der Waals surface area (Å²) in [5.74, 6) is 1.52. The molecule has 3 N–H and O–H groups in total. The summed E-state index contributed by atoms with van der Waals surface area (Å²) in [6, 6.07) is 8.95. The Labute approximate surface area is 188 Å². The number of aromatic nitrogens is 2. The third kappa shape index (κ3) is 5.56. The van der Waals surface area contributed by atoms with E-state index in [2.05, 4.69) is 49.6 Å². The van der Waals surface area contributed by atoms with Crippen LogP contribution < -0.4 is 15.5 Å². The van der Waals surface area contributed by atoms with Crippen molar-refractivity contribution in [3.8, 4) is 0 Å². The summed E-state index contributed by atoms with van der Waals surface area (Å²) < 4.78 is 19.2. The topological polar surface area (TPSA) is 77.6 Å². The first-order valence-corrected chi connectivity index (χ1v) is 11.2. The van der Waals surface area contributed by atoms with E-state index in [9.17, 15) is 4.39 Å². The number of ether oxygens (including phenoxy) is 1. The third-order valence-electron chi connectivity index (χ3n) is 5.55. The average Bonchev–Trinajstić information content (AvgIpc) is 3.20. The van der Waals surface area contributed by atoms with Gasteiger partial charge in [0.25, 0.3) is 0 Å². The molecule has 1 unspecified atom stereocenters. The molecule has 1 aromatic carbocycles. The van der Waals surface area contributed by atoms with Crippen LogP contribution in [0.2, 0.25) is 0 Å². The lowest BCUT2D eigenvalue weighted by atomic mass is 10.1. The fraction of sp³-hybridized carbons (Fsp3) is 0.417. The molecule has 0 bridgehead atoms. The normalized spacial score (nSPS) is 17.0. The van der Waals surface area contributed by atoms with Crippen molar-refractivity contribution in [1.29, 1.82) is 0 Å². The third-order valence-corrected chi connectivity index (χ3v) is 5.55. The smallest absolute Gasteiger partial charge is 0.191 e. The number of halogens is 1. The molecule has 1 aliphatic rings. The summed E-state index contributed by atoms with van der Waals surface area (Å²) in [7, 11) is 0. The van der Waals surface area contributed by atoms with E-state index in [0.717, 1.165) is 66.5 Å². The Bertz CT molecular complexity index is 1050. The van der Waals surface area contributed by atoms with Gasteiger partial charge >= 0.3 is 0 Å². The Balaban J connectivity index is 1.33. The number of aromatic amines is 1. The van der Waals surface area contributed by atoms with Gasteiger partial charge in [-0.2, -0.15) is 0 Å². The number of pyridine rings is 1. The summed E-state index contributed by atoms with van der Waals surface area (Å²) >= 11 is 0. The molecule has 32 heavy (non-hydrogen) atoms. The number of aliphatic imine (C=N–C) groups is 1. The van der Waals surface area contributed by atoms with Crippen LogP contribution in [-0.2, 0) is 17.7 Å². The maximum Gasteiger partial charge on any atom is 0.191 e. The van der Waals surface area contributed by atoms with E-state index in [0.29, 0.717) is 13.1 Å². The summed E-state index contributed by atoms with van der Waals surface area (Å²) in [4.78, 5) is 14.8. The summed E-state index contributed by atoms with van der Waals surface area (Å²) in [5, 5.41) is 7.57. The Morgan fingerprint density at radius 1 is 1.31 bits per heavy atom. The standard InChI is InChI=1S/C24H31FN6O/c1-3-26-24(27-9-8-19-15-28-22-6-5-20(25)12-21(19)22)30-14-18-4-7-23(29-13-18)31-10-11-32-17(2)16-31/h4-7,12-13,15,17,28H,3,8-11,14,16H2,1-2H3,(H2,26,27,30). The largest absolute Gasteiger partial charge is 0.375 e. The molecule has 170 valence electrons. The summed E-state index contributed by atoms with van der Waals surface area (Å²) in [5.41, 5.74) is 3.09. The first kappa shape index (κ1) is 22.1. The second-order valence-corrected chi connectivity index (χ2v) is 8.03. The van der Waals surface area contributed by atoms with Crippen LogP contribution in [0, 0.1) is 5.82 Å². The first-order valence-electron chi connectivity index (χ1n) is 11.2. The Morgan fingerprint density at radius 2 is 2.22 bits per heavy atom. The number of fused-ring (bicyclic) bond motifs is 1. The second-order valence-electron chi connectivity index (χ2n) is 8.03. The Hall–Kier alpha value is -3.13. The quantitative estimate of drug-likeness (QED) is 0.390. The lowest BCUT2D eigenvalue weighted by Gasteiger charge is -2.32. The van der Waals surface area contributed by atoms with Gasteiger partial charge in [-0.25, -0.2) is 14.4 Å². The molecule has 1 fully saturated rings. The van der Waals surface area contributed by atoms with Crippen LogP contribution >= 0.6 is 0 Å².